The smallest absolute Gasteiger partial charge is 0.122 e. The lowest BCUT2D eigenvalue weighted by Crippen LogP contribution is -2.23. The van der Waals surface area contributed by atoms with E-state index in [-0.39, 0.29) is 6.04 Å². The third kappa shape index (κ3) is 2.19. The molecule has 1 unspecified atom stereocenters. The van der Waals surface area contributed by atoms with Gasteiger partial charge in [0.05, 0.1) is 6.61 Å². The Kier molecular flexibility index (Phi) is 3.06. The Balaban J connectivity index is 1.78. The molecule has 0 saturated heterocycles. The summed E-state index contributed by atoms with van der Waals surface area (Å²) < 4.78 is 5.54. The monoisotopic (exact) mass is 231 g/mol. The van der Waals surface area contributed by atoms with Crippen molar-refractivity contribution in [3.05, 3.63) is 29.3 Å². The molecule has 0 amide bonds. The second-order valence-electron chi connectivity index (χ2n) is 5.39. The number of hydrogen-bond acceptors (Lipinski definition) is 2. The summed E-state index contributed by atoms with van der Waals surface area (Å²) in [7, 11) is 0. The fourth-order valence-corrected chi connectivity index (χ4v) is 3.18. The van der Waals surface area contributed by atoms with Gasteiger partial charge in [0.2, 0.25) is 0 Å². The van der Waals surface area contributed by atoms with Gasteiger partial charge in [-0.25, -0.2) is 0 Å². The van der Waals surface area contributed by atoms with Crippen molar-refractivity contribution in [2.45, 2.75) is 44.6 Å². The molecule has 0 spiro atoms. The van der Waals surface area contributed by atoms with E-state index < -0.39 is 0 Å². The van der Waals surface area contributed by atoms with Crippen LogP contribution in [0.1, 0.15) is 49.3 Å². The predicted octanol–water partition coefficient (Wildman–Crippen LogP) is 3.20. The van der Waals surface area contributed by atoms with Gasteiger partial charge in [-0.15, -0.1) is 0 Å². The number of rotatable bonds is 2. The number of nitrogens with two attached hydrogens (primary N) is 1. The van der Waals surface area contributed by atoms with Crippen LogP contribution in [0.15, 0.2) is 18.2 Å². The van der Waals surface area contributed by atoms with Gasteiger partial charge >= 0.3 is 0 Å². The predicted molar refractivity (Wildman–Crippen MR) is 69.1 cm³/mol. The fraction of sp³-hybridized carbons (Fsp3) is 0.600. The van der Waals surface area contributed by atoms with Crippen LogP contribution in [0.3, 0.4) is 0 Å². The van der Waals surface area contributed by atoms with Crippen LogP contribution in [0.25, 0.3) is 0 Å². The standard InChI is InChI=1S/C15H21NO/c16-15(11-4-2-1-3-5-11)13-6-7-14-12(10-13)8-9-17-14/h6-7,10-11,15H,1-5,8-9,16H2. The van der Waals surface area contributed by atoms with E-state index >= 15 is 0 Å². The van der Waals surface area contributed by atoms with Gasteiger partial charge in [0.1, 0.15) is 5.75 Å². The van der Waals surface area contributed by atoms with E-state index in [1.165, 1.54) is 43.2 Å². The van der Waals surface area contributed by atoms with Gasteiger partial charge in [-0.05, 0) is 36.0 Å². The largest absolute Gasteiger partial charge is 0.493 e. The van der Waals surface area contributed by atoms with E-state index in [1.54, 1.807) is 0 Å². The minimum absolute atomic E-state index is 0.223. The zero-order valence-corrected chi connectivity index (χ0v) is 10.3. The highest BCUT2D eigenvalue weighted by molar-refractivity contribution is 5.40. The summed E-state index contributed by atoms with van der Waals surface area (Å²) in [6.45, 7) is 0.831. The molecule has 0 bridgehead atoms. The molecule has 1 heterocycles. The number of hydrogen-bond donors (Lipinski definition) is 1. The van der Waals surface area contributed by atoms with Gasteiger partial charge in [-0.3, -0.25) is 0 Å². The maximum Gasteiger partial charge on any atom is 0.122 e. The Labute approximate surface area is 103 Å². The van der Waals surface area contributed by atoms with E-state index in [9.17, 15) is 0 Å². The van der Waals surface area contributed by atoms with Crippen molar-refractivity contribution in [2.75, 3.05) is 6.61 Å². The van der Waals surface area contributed by atoms with Crippen LogP contribution >= 0.6 is 0 Å². The van der Waals surface area contributed by atoms with Gasteiger partial charge in [0, 0.05) is 12.5 Å². The minimum Gasteiger partial charge on any atom is -0.493 e. The summed E-state index contributed by atoms with van der Waals surface area (Å²) >= 11 is 0. The Morgan fingerprint density at radius 2 is 2.00 bits per heavy atom. The second-order valence-corrected chi connectivity index (χ2v) is 5.39. The summed E-state index contributed by atoms with van der Waals surface area (Å²) in [4.78, 5) is 0. The molecule has 2 aliphatic rings. The molecule has 3 rings (SSSR count). The average molecular weight is 231 g/mol. The SMILES string of the molecule is NC(c1ccc2c(c1)CCO2)C1CCCCC1. The quantitative estimate of drug-likeness (QED) is 0.848. The third-order valence-corrected chi connectivity index (χ3v) is 4.26. The summed E-state index contributed by atoms with van der Waals surface area (Å²) in [6, 6.07) is 6.74. The molecule has 1 fully saturated rings. The van der Waals surface area contributed by atoms with Crippen molar-refractivity contribution in [3.8, 4) is 5.75 Å². The maximum atomic E-state index is 6.42. The first-order valence-electron chi connectivity index (χ1n) is 6.86. The van der Waals surface area contributed by atoms with Gasteiger partial charge < -0.3 is 10.5 Å². The van der Waals surface area contributed by atoms with E-state index in [1.807, 2.05) is 0 Å². The van der Waals surface area contributed by atoms with Crippen LogP contribution in [-0.2, 0) is 6.42 Å². The highest BCUT2D eigenvalue weighted by Crippen LogP contribution is 2.35. The van der Waals surface area contributed by atoms with Crippen molar-refractivity contribution in [1.29, 1.82) is 0 Å². The first-order valence-corrected chi connectivity index (χ1v) is 6.86. The fourth-order valence-electron chi connectivity index (χ4n) is 3.18. The summed E-state index contributed by atoms with van der Waals surface area (Å²) in [5.74, 6) is 1.74. The molecular formula is C15H21NO. The van der Waals surface area contributed by atoms with E-state index in [0.717, 1.165) is 18.8 Å². The molecule has 1 atom stereocenters. The molecule has 1 saturated carbocycles. The minimum atomic E-state index is 0.223. The zero-order chi connectivity index (χ0) is 11.7. The molecule has 1 aromatic carbocycles. The molecule has 0 radical (unpaired) electrons. The Hall–Kier alpha value is -1.02. The van der Waals surface area contributed by atoms with Gasteiger partial charge in [0.15, 0.2) is 0 Å². The van der Waals surface area contributed by atoms with Crippen molar-refractivity contribution >= 4 is 0 Å². The number of fused-ring (bicyclic) bond motifs is 1. The maximum absolute atomic E-state index is 6.42. The highest BCUT2D eigenvalue weighted by atomic mass is 16.5. The lowest BCUT2D eigenvalue weighted by atomic mass is 9.81. The Morgan fingerprint density at radius 3 is 2.82 bits per heavy atom. The molecule has 2 nitrogen and oxygen atoms in total. The topological polar surface area (TPSA) is 35.2 Å². The van der Waals surface area contributed by atoms with Crippen LogP contribution in [0.5, 0.6) is 5.75 Å². The zero-order valence-electron chi connectivity index (χ0n) is 10.3. The van der Waals surface area contributed by atoms with Crippen molar-refractivity contribution in [2.24, 2.45) is 11.7 Å². The lowest BCUT2D eigenvalue weighted by Gasteiger charge is -2.28. The first kappa shape index (κ1) is 11.1. The third-order valence-electron chi connectivity index (χ3n) is 4.26. The van der Waals surface area contributed by atoms with Crippen LogP contribution in [0.4, 0.5) is 0 Å². The Bertz CT molecular complexity index is 396. The van der Waals surface area contributed by atoms with Gasteiger partial charge in [-0.1, -0.05) is 31.4 Å². The molecule has 17 heavy (non-hydrogen) atoms. The number of ether oxygens (including phenoxy) is 1. The molecule has 0 aromatic heterocycles. The normalized spacial score (nSPS) is 21.9. The molecule has 2 N–H and O–H groups in total. The molecule has 1 aliphatic heterocycles. The van der Waals surface area contributed by atoms with Crippen molar-refractivity contribution < 1.29 is 4.74 Å². The van der Waals surface area contributed by atoms with Crippen LogP contribution in [0, 0.1) is 5.92 Å². The summed E-state index contributed by atoms with van der Waals surface area (Å²) in [5, 5.41) is 0. The average Bonchev–Trinajstić information content (AvgIpc) is 2.86. The lowest BCUT2D eigenvalue weighted by molar-refractivity contribution is 0.308. The van der Waals surface area contributed by atoms with Gasteiger partial charge in [-0.2, -0.15) is 0 Å². The van der Waals surface area contributed by atoms with Crippen LogP contribution in [0.2, 0.25) is 0 Å². The van der Waals surface area contributed by atoms with E-state index in [2.05, 4.69) is 18.2 Å². The molecular weight excluding hydrogens is 210 g/mol. The van der Waals surface area contributed by atoms with E-state index in [4.69, 9.17) is 10.5 Å². The Morgan fingerprint density at radius 1 is 1.18 bits per heavy atom. The highest BCUT2D eigenvalue weighted by Gasteiger charge is 2.23. The molecule has 1 aromatic rings. The second kappa shape index (κ2) is 4.69. The summed E-state index contributed by atoms with van der Waals surface area (Å²) in [5.41, 5.74) is 9.07. The van der Waals surface area contributed by atoms with Crippen molar-refractivity contribution in [1.82, 2.24) is 0 Å². The van der Waals surface area contributed by atoms with Crippen molar-refractivity contribution in [3.63, 3.8) is 0 Å². The van der Waals surface area contributed by atoms with E-state index in [0.29, 0.717) is 5.92 Å². The molecule has 2 heteroatoms. The number of benzene rings is 1. The molecule has 1 aliphatic carbocycles. The molecule has 92 valence electrons. The van der Waals surface area contributed by atoms with Gasteiger partial charge in [0.25, 0.3) is 0 Å². The van der Waals surface area contributed by atoms with Crippen LogP contribution < -0.4 is 10.5 Å². The van der Waals surface area contributed by atoms with Crippen LogP contribution in [-0.4, -0.2) is 6.61 Å². The summed E-state index contributed by atoms with van der Waals surface area (Å²) in [6.07, 6.45) is 7.74. The first-order chi connectivity index (χ1) is 8.34.